The van der Waals surface area contributed by atoms with Crippen LogP contribution < -0.4 is 0 Å². The summed E-state index contributed by atoms with van der Waals surface area (Å²) in [4.78, 5) is 16.2. The molecular weight excluding hydrogens is 981 g/mol. The van der Waals surface area contributed by atoms with Gasteiger partial charge >= 0.3 is 0 Å². The number of benzene rings is 11. The highest BCUT2D eigenvalue weighted by Crippen LogP contribution is 2.50. The van der Waals surface area contributed by atoms with Crippen molar-refractivity contribution in [2.24, 2.45) is 0 Å². The van der Waals surface area contributed by atoms with Crippen LogP contribution in [0, 0.1) is 0 Å². The zero-order valence-electron chi connectivity index (χ0n) is 46.7. The second-order valence-corrected chi connectivity index (χ2v) is 23.3. The van der Waals surface area contributed by atoms with Crippen LogP contribution in [0.4, 0.5) is 0 Å². The van der Waals surface area contributed by atoms with Gasteiger partial charge in [-0.25, -0.2) is 15.0 Å². The first-order chi connectivity index (χ1) is 39.4. The van der Waals surface area contributed by atoms with E-state index in [-0.39, 0.29) is 10.8 Å². The zero-order valence-corrected chi connectivity index (χ0v) is 46.7. The van der Waals surface area contributed by atoms with E-state index in [2.05, 4.69) is 313 Å². The number of hydrogen-bond acceptors (Lipinski definition) is 3. The predicted molar refractivity (Wildman–Crippen MR) is 340 cm³/mol. The lowest BCUT2D eigenvalue weighted by molar-refractivity contribution is 0.590. The van der Waals surface area contributed by atoms with Gasteiger partial charge in [0.1, 0.15) is 0 Å². The summed E-state index contributed by atoms with van der Waals surface area (Å²) in [5.74, 6) is 1.78. The molecule has 390 valence electrons. The van der Waals surface area contributed by atoms with Gasteiger partial charge in [0.25, 0.3) is 0 Å². The monoisotopic (exact) mass is 1040 g/mol. The van der Waals surface area contributed by atoms with Crippen LogP contribution in [0.25, 0.3) is 128 Å². The minimum absolute atomic E-state index is 0.141. The van der Waals surface area contributed by atoms with E-state index in [4.69, 9.17) is 15.0 Å². The summed E-state index contributed by atoms with van der Waals surface area (Å²) in [5.41, 5.74) is 21.8. The SMILES string of the molecule is CC(C)(C)c1cc(-c2ccccc2)c2c(c1)c1cc(C(C)(C)C)cc(-c3ccccc3)c1n2-c1c(-c2ccccc2)cc(-c2nc(-c3ccc(-c4ccccc4)cc3)nc(-c3ccc(-c4ccccc4)cc3)n2)cc1-c1ccccc1. The molecule has 0 aliphatic rings. The van der Waals surface area contributed by atoms with Crippen LogP contribution in [0.3, 0.4) is 0 Å². The Morgan fingerprint density at radius 1 is 0.247 bits per heavy atom. The van der Waals surface area contributed by atoms with Crippen LogP contribution in [0.1, 0.15) is 52.7 Å². The van der Waals surface area contributed by atoms with Gasteiger partial charge in [0.2, 0.25) is 0 Å². The first-order valence-electron chi connectivity index (χ1n) is 28.1. The van der Waals surface area contributed by atoms with Crippen molar-refractivity contribution in [2.75, 3.05) is 0 Å². The topological polar surface area (TPSA) is 43.6 Å². The summed E-state index contributed by atoms with van der Waals surface area (Å²) in [6, 6.07) is 96.3. The van der Waals surface area contributed by atoms with E-state index in [1.807, 2.05) is 0 Å². The second-order valence-electron chi connectivity index (χ2n) is 23.3. The molecule has 13 aromatic rings. The van der Waals surface area contributed by atoms with E-state index >= 15 is 0 Å². The lowest BCUT2D eigenvalue weighted by atomic mass is 9.82. The Kier molecular flexibility index (Phi) is 13.0. The highest BCUT2D eigenvalue weighted by molar-refractivity contribution is 6.19. The molecule has 81 heavy (non-hydrogen) atoms. The molecule has 13 rings (SSSR count). The van der Waals surface area contributed by atoms with Gasteiger partial charge in [0, 0.05) is 49.7 Å². The maximum atomic E-state index is 5.47. The standard InChI is InChI=1S/C77H62N4/c1-76(2,3)62-47-66(57-33-21-11-22-34-57)71-68(49-62)69-50-63(77(4,5)6)48-67(58-35-23-12-24-36-58)72(69)81(71)70-64(55-29-17-9-18-30-55)45-61(46-65(70)56-31-19-10-20-32-56)75-79-73(59-41-37-53(38-42-59)51-25-13-7-14-26-51)78-74(80-75)60-43-39-54(40-44-60)52-27-15-8-16-28-52/h7-50H,1-6H3. The molecule has 0 aliphatic carbocycles. The molecule has 0 bridgehead atoms. The van der Waals surface area contributed by atoms with Crippen molar-refractivity contribution in [3.63, 3.8) is 0 Å². The van der Waals surface area contributed by atoms with Gasteiger partial charge in [-0.3, -0.25) is 0 Å². The predicted octanol–water partition coefficient (Wildman–Crippen LogP) is 20.6. The number of nitrogens with zero attached hydrogens (tertiary/aromatic N) is 4. The number of aromatic nitrogens is 4. The number of fused-ring (bicyclic) bond motifs is 3. The average Bonchev–Trinajstić information content (AvgIpc) is 2.71. The smallest absolute Gasteiger partial charge is 0.164 e. The maximum Gasteiger partial charge on any atom is 0.164 e. The largest absolute Gasteiger partial charge is 0.307 e. The summed E-state index contributed by atoms with van der Waals surface area (Å²) in [6.45, 7) is 14.0. The van der Waals surface area contributed by atoms with Crippen LogP contribution in [-0.2, 0) is 10.8 Å². The minimum Gasteiger partial charge on any atom is -0.307 e. The van der Waals surface area contributed by atoms with Gasteiger partial charge < -0.3 is 4.57 Å². The number of rotatable bonds is 10. The van der Waals surface area contributed by atoms with E-state index < -0.39 is 0 Å². The molecule has 0 saturated carbocycles. The third-order valence-electron chi connectivity index (χ3n) is 15.8. The molecule has 0 saturated heterocycles. The van der Waals surface area contributed by atoms with E-state index in [1.165, 1.54) is 33.0 Å². The van der Waals surface area contributed by atoms with Crippen LogP contribution in [0.15, 0.2) is 267 Å². The van der Waals surface area contributed by atoms with Gasteiger partial charge in [0.05, 0.1) is 16.7 Å². The van der Waals surface area contributed by atoms with E-state index in [1.54, 1.807) is 0 Å². The molecule has 2 aromatic heterocycles. The Balaban J connectivity index is 1.16. The molecule has 0 radical (unpaired) electrons. The van der Waals surface area contributed by atoms with Gasteiger partial charge in [-0.1, -0.05) is 272 Å². The van der Waals surface area contributed by atoms with E-state index in [0.717, 1.165) is 89.0 Å². The molecule has 2 heterocycles. The van der Waals surface area contributed by atoms with Crippen molar-refractivity contribution >= 4 is 21.8 Å². The van der Waals surface area contributed by atoms with Crippen molar-refractivity contribution in [3.05, 3.63) is 278 Å². The Hall–Kier alpha value is -9.77. The fraction of sp³-hybridized carbons (Fsp3) is 0.104. The van der Waals surface area contributed by atoms with Crippen molar-refractivity contribution in [2.45, 2.75) is 52.4 Å². The Morgan fingerprint density at radius 3 is 0.815 bits per heavy atom. The molecule has 0 aliphatic heterocycles. The molecule has 0 spiro atoms. The van der Waals surface area contributed by atoms with Gasteiger partial charge in [0.15, 0.2) is 17.5 Å². The zero-order chi connectivity index (χ0) is 55.2. The lowest BCUT2D eigenvalue weighted by Gasteiger charge is -2.25. The highest BCUT2D eigenvalue weighted by atomic mass is 15.0. The van der Waals surface area contributed by atoms with Crippen LogP contribution in [0.2, 0.25) is 0 Å². The van der Waals surface area contributed by atoms with Crippen molar-refractivity contribution in [1.82, 2.24) is 19.5 Å². The van der Waals surface area contributed by atoms with Gasteiger partial charge in [-0.15, -0.1) is 0 Å². The second kappa shape index (κ2) is 20.8. The Morgan fingerprint density at radius 2 is 0.506 bits per heavy atom. The summed E-state index contributed by atoms with van der Waals surface area (Å²) in [6.07, 6.45) is 0. The maximum absolute atomic E-state index is 5.47. The quantitative estimate of drug-likeness (QED) is 0.137. The third kappa shape index (κ3) is 9.85. The molecule has 0 atom stereocenters. The molecule has 0 unspecified atom stereocenters. The third-order valence-corrected chi connectivity index (χ3v) is 15.8. The van der Waals surface area contributed by atoms with Crippen LogP contribution in [-0.4, -0.2) is 19.5 Å². The fourth-order valence-corrected chi connectivity index (χ4v) is 11.4. The summed E-state index contributed by atoms with van der Waals surface area (Å²) in [5, 5.41) is 2.43. The summed E-state index contributed by atoms with van der Waals surface area (Å²) < 4.78 is 2.62. The van der Waals surface area contributed by atoms with Gasteiger partial charge in [-0.05, 0) is 103 Å². The van der Waals surface area contributed by atoms with Crippen LogP contribution >= 0.6 is 0 Å². The lowest BCUT2D eigenvalue weighted by Crippen LogP contribution is -2.11. The van der Waals surface area contributed by atoms with Crippen molar-refractivity contribution in [1.29, 1.82) is 0 Å². The molecule has 11 aromatic carbocycles. The average molecular weight is 1040 g/mol. The Bertz CT molecular complexity index is 4110. The van der Waals surface area contributed by atoms with Crippen LogP contribution in [0.5, 0.6) is 0 Å². The van der Waals surface area contributed by atoms with Crippen molar-refractivity contribution < 1.29 is 0 Å². The fourth-order valence-electron chi connectivity index (χ4n) is 11.4. The molecule has 0 fully saturated rings. The Labute approximate surface area is 475 Å². The minimum atomic E-state index is -0.141. The van der Waals surface area contributed by atoms with E-state index in [0.29, 0.717) is 17.5 Å². The molecular formula is C77H62N4. The first kappa shape index (κ1) is 50.7. The van der Waals surface area contributed by atoms with Crippen molar-refractivity contribution in [3.8, 4) is 107 Å². The molecule has 4 heteroatoms. The van der Waals surface area contributed by atoms with Gasteiger partial charge in [-0.2, -0.15) is 0 Å². The summed E-state index contributed by atoms with van der Waals surface area (Å²) in [7, 11) is 0. The first-order valence-corrected chi connectivity index (χ1v) is 28.1. The number of hydrogen-bond donors (Lipinski definition) is 0. The summed E-state index contributed by atoms with van der Waals surface area (Å²) >= 11 is 0. The molecule has 0 N–H and O–H groups in total. The normalized spacial score (nSPS) is 11.8. The van der Waals surface area contributed by atoms with E-state index in [9.17, 15) is 0 Å². The molecule has 0 amide bonds. The highest BCUT2D eigenvalue weighted by Gasteiger charge is 2.30. The molecule has 4 nitrogen and oxygen atoms in total.